The van der Waals surface area contributed by atoms with E-state index in [9.17, 15) is 0 Å². The predicted octanol–water partition coefficient (Wildman–Crippen LogP) is 33.2. The zero-order valence-electron chi connectivity index (χ0n) is 92.1. The van der Waals surface area contributed by atoms with E-state index in [1.54, 1.807) is 56.0 Å². The summed E-state index contributed by atoms with van der Waals surface area (Å²) >= 11 is 0. The maximum absolute atomic E-state index is 4.26. The lowest BCUT2D eigenvalue weighted by atomic mass is 9.88. The van der Waals surface area contributed by atoms with Crippen molar-refractivity contribution in [2.24, 2.45) is 55.2 Å². The summed E-state index contributed by atoms with van der Waals surface area (Å²) in [6, 6.07) is 34.7. The van der Waals surface area contributed by atoms with Crippen LogP contribution < -0.4 is 0 Å². The Morgan fingerprint density at radius 3 is 0.930 bits per heavy atom. The van der Waals surface area contributed by atoms with Gasteiger partial charge in [0.2, 0.25) is 0 Å². The first kappa shape index (κ1) is 140. The van der Waals surface area contributed by atoms with Gasteiger partial charge in [0, 0.05) is 111 Å². The molecule has 15 nitrogen and oxygen atoms in total. The predicted molar refractivity (Wildman–Crippen MR) is 567 cm³/mol. The molecule has 0 aliphatic carbocycles. The highest BCUT2D eigenvalue weighted by Crippen LogP contribution is 2.25. The summed E-state index contributed by atoms with van der Waals surface area (Å²) in [4.78, 5) is 44.6. The van der Waals surface area contributed by atoms with E-state index in [1.807, 2.05) is 243 Å². The lowest BCUT2D eigenvalue weighted by molar-refractivity contribution is 0.400. The molecule has 0 amide bonds. The van der Waals surface area contributed by atoms with Crippen molar-refractivity contribution in [2.75, 3.05) is 0 Å². The molecule has 0 spiro atoms. The molecule has 128 heavy (non-hydrogen) atoms. The standard InChI is InChI=1S/C11H16.3C10H15N.4C9H14N2.2C8H12N2.10C2H6/c1-11(2,3)9-10-7-5-4-6-8-10;1-10(2,3)8-9-4-6-11-7-5-9;1-10(2,3)7-9-5-4-6-11-8-9;1-10(2,3)8-9-6-4-5-7-11-9;1-9(2,3)6-8-4-5-10-7-11-8;1-9(2,3)6-8-4-5-10-11-7-8;1-9(2,3)7-8-10-5-4-6-11-8;1-9(2,3)7-8-5-4-6-10-11-8;1-7(2)3-8-4-9-6-10-5-8;1-7(2)5-8-6-9-3-4-10-8;10*1-2/h4-8H,9H2,1-3H3;4-7H,8H2,1-3H3;4-6,8H,7H2,1-3H3;4-7H,8H2,1-3H3;2*4-5,7H,6H2,1-3H3;2*4-6H,7H2,1-3H3;4-7H,3H2,1-2H3;3-4,6-7H,5H2,1-2H3;10*1-2H3. The highest BCUT2D eigenvalue weighted by atomic mass is 15.1. The summed E-state index contributed by atoms with van der Waals surface area (Å²) in [6.07, 6.45) is 42.6. The molecule has 0 saturated heterocycles. The van der Waals surface area contributed by atoms with Gasteiger partial charge < -0.3 is 0 Å². The van der Waals surface area contributed by atoms with Crippen LogP contribution >= 0.6 is 0 Å². The van der Waals surface area contributed by atoms with Crippen LogP contribution in [0.2, 0.25) is 0 Å². The largest absolute Gasteiger partial charge is 0.265 e. The number of nitrogens with zero attached hydrogens (tertiary/aromatic N) is 15. The van der Waals surface area contributed by atoms with Crippen molar-refractivity contribution in [2.45, 2.75) is 397 Å². The van der Waals surface area contributed by atoms with Gasteiger partial charge in [0.25, 0.3) is 0 Å². The zero-order chi connectivity index (χ0) is 101. The summed E-state index contributed by atoms with van der Waals surface area (Å²) in [5.41, 5.74) is 13.8. The van der Waals surface area contributed by atoms with Gasteiger partial charge in [-0.25, -0.2) is 29.9 Å². The van der Waals surface area contributed by atoms with Crippen LogP contribution in [0.5, 0.6) is 0 Å². The Kier molecular flexibility index (Phi) is 96.8. The molecular formula is C113H201N15. The summed E-state index contributed by atoms with van der Waals surface area (Å²) in [6.45, 7) is 102. The molecule has 0 bridgehead atoms. The second-order valence-electron chi connectivity index (χ2n) is 37.9. The molecule has 0 atom stereocenters. The number of benzene rings is 1. The van der Waals surface area contributed by atoms with Gasteiger partial charge in [0.15, 0.2) is 0 Å². The number of pyridine rings is 3. The minimum absolute atomic E-state index is 0.279. The third kappa shape index (κ3) is 111. The molecule has 0 N–H and O–H groups in total. The summed E-state index contributed by atoms with van der Waals surface area (Å²) in [5.74, 6) is 2.28. The third-order valence-corrected chi connectivity index (χ3v) is 13.8. The Balaban J connectivity index is -0.000000148. The summed E-state index contributed by atoms with van der Waals surface area (Å²) in [7, 11) is 0. The average Bonchev–Trinajstić information content (AvgIpc) is 0.927. The molecular weight excluding hydrogens is 1570 g/mol. The molecule has 10 aromatic rings. The molecule has 0 aliphatic heterocycles. The Bertz CT molecular complexity index is 3050. The molecule has 9 aromatic heterocycles. The molecule has 728 valence electrons. The molecule has 0 saturated carbocycles. The zero-order valence-corrected chi connectivity index (χ0v) is 92.1. The molecule has 0 unspecified atom stereocenters. The van der Waals surface area contributed by atoms with Crippen LogP contribution in [0.4, 0.5) is 0 Å². The average molecular weight is 1770 g/mol. The maximum Gasteiger partial charge on any atom is 0.128 e. The van der Waals surface area contributed by atoms with E-state index >= 15 is 0 Å². The quantitative estimate of drug-likeness (QED) is 0.112. The minimum atomic E-state index is 0.279. The Labute approximate surface area is 793 Å². The fourth-order valence-electron chi connectivity index (χ4n) is 10.1. The van der Waals surface area contributed by atoms with E-state index in [2.05, 4.69) is 324 Å². The van der Waals surface area contributed by atoms with Gasteiger partial charge in [-0.3, -0.25) is 24.9 Å². The van der Waals surface area contributed by atoms with Gasteiger partial charge in [-0.15, -0.1) is 0 Å². The van der Waals surface area contributed by atoms with Gasteiger partial charge in [0.1, 0.15) is 18.5 Å². The lowest BCUT2D eigenvalue weighted by Gasteiger charge is -2.17. The van der Waals surface area contributed by atoms with Crippen molar-refractivity contribution >= 4 is 0 Å². The first-order valence-electron chi connectivity index (χ1n) is 48.4. The molecule has 1 aromatic carbocycles. The highest BCUT2D eigenvalue weighted by molar-refractivity contribution is 5.16. The Morgan fingerprint density at radius 1 is 0.203 bits per heavy atom. The third-order valence-electron chi connectivity index (χ3n) is 13.8. The van der Waals surface area contributed by atoms with Crippen LogP contribution in [-0.2, 0) is 64.2 Å². The van der Waals surface area contributed by atoms with Crippen molar-refractivity contribution in [3.05, 3.63) is 271 Å². The van der Waals surface area contributed by atoms with Crippen LogP contribution in [0.3, 0.4) is 0 Å². The van der Waals surface area contributed by atoms with Crippen molar-refractivity contribution < 1.29 is 0 Å². The van der Waals surface area contributed by atoms with Gasteiger partial charge in [-0.2, -0.15) is 20.4 Å². The smallest absolute Gasteiger partial charge is 0.128 e. The van der Waals surface area contributed by atoms with E-state index in [0.717, 1.165) is 87.1 Å². The number of hydrogen-bond acceptors (Lipinski definition) is 15. The first-order chi connectivity index (χ1) is 60.2. The monoisotopic (exact) mass is 1770 g/mol. The molecule has 0 fully saturated rings. The van der Waals surface area contributed by atoms with Crippen molar-refractivity contribution in [1.82, 2.24) is 75.2 Å². The van der Waals surface area contributed by atoms with E-state index in [-0.39, 0.29) is 5.41 Å². The van der Waals surface area contributed by atoms with E-state index in [1.165, 1.54) is 33.5 Å². The van der Waals surface area contributed by atoms with Crippen LogP contribution in [0.25, 0.3) is 0 Å². The van der Waals surface area contributed by atoms with Gasteiger partial charge >= 0.3 is 0 Å². The topological polar surface area (TPSA) is 193 Å². The number of rotatable bonds is 12. The second-order valence-corrected chi connectivity index (χ2v) is 37.9. The normalized spacial score (nSPS) is 10.0. The maximum atomic E-state index is 4.26. The number of aromatic nitrogens is 15. The SMILES string of the molecule is CC.CC.CC.CC.CC.CC.CC.CC.CC.CC.CC(C)(C)Cc1ccccc1.CC(C)(C)Cc1ccccn1.CC(C)(C)Cc1cccnc1.CC(C)(C)Cc1cccnn1.CC(C)(C)Cc1ccncc1.CC(C)(C)Cc1ccncn1.CC(C)(C)Cc1ccnnc1.CC(C)(C)Cc1ncccn1.CC(C)Cc1cnccn1.CC(C)Cc1cncnc1. The van der Waals surface area contributed by atoms with Crippen LogP contribution in [0, 0.1) is 55.2 Å². The molecule has 9 heterocycles. The van der Waals surface area contributed by atoms with Crippen LogP contribution in [0.1, 0.15) is 389 Å². The Morgan fingerprint density at radius 2 is 0.562 bits per heavy atom. The fourth-order valence-corrected chi connectivity index (χ4v) is 10.1. The van der Waals surface area contributed by atoms with E-state index in [0.29, 0.717) is 49.7 Å². The van der Waals surface area contributed by atoms with Crippen LogP contribution in [-0.4, -0.2) is 75.2 Å². The van der Waals surface area contributed by atoms with Gasteiger partial charge in [0.05, 0.1) is 17.6 Å². The second kappa shape index (κ2) is 88.8. The van der Waals surface area contributed by atoms with Crippen molar-refractivity contribution in [3.8, 4) is 0 Å². The summed E-state index contributed by atoms with van der Waals surface area (Å²) < 4.78 is 0. The highest BCUT2D eigenvalue weighted by Gasteiger charge is 2.17. The van der Waals surface area contributed by atoms with Crippen molar-refractivity contribution in [3.63, 3.8) is 0 Å². The molecule has 0 radical (unpaired) electrons. The minimum Gasteiger partial charge on any atom is -0.265 e. The number of hydrogen-bond donors (Lipinski definition) is 0. The van der Waals surface area contributed by atoms with E-state index in [4.69, 9.17) is 0 Å². The van der Waals surface area contributed by atoms with Crippen LogP contribution in [0.15, 0.2) is 215 Å². The molecule has 0 aliphatic rings. The lowest BCUT2D eigenvalue weighted by Crippen LogP contribution is -2.11. The van der Waals surface area contributed by atoms with Crippen molar-refractivity contribution in [1.29, 1.82) is 0 Å². The fraction of sp³-hybridized carbons (Fsp3) is 0.602. The Hall–Kier alpha value is -8.85. The van der Waals surface area contributed by atoms with E-state index < -0.39 is 0 Å². The first-order valence-corrected chi connectivity index (χ1v) is 48.4. The van der Waals surface area contributed by atoms with Gasteiger partial charge in [-0.05, 0) is 201 Å². The molecule has 10 rings (SSSR count). The molecule has 15 heteroatoms. The van der Waals surface area contributed by atoms with Gasteiger partial charge in [-0.1, -0.05) is 375 Å². The summed E-state index contributed by atoms with van der Waals surface area (Å²) in [5, 5.41) is 15.4.